The van der Waals surface area contributed by atoms with Gasteiger partial charge in [0, 0.05) is 12.1 Å². The van der Waals surface area contributed by atoms with Crippen LogP contribution < -0.4 is 5.32 Å². The predicted octanol–water partition coefficient (Wildman–Crippen LogP) is 1.46. The Morgan fingerprint density at radius 3 is 2.90 bits per heavy atom. The number of amides is 2. The lowest BCUT2D eigenvalue weighted by atomic mass is 9.86. The molecule has 2 atom stereocenters. The molecule has 4 heteroatoms. The van der Waals surface area contributed by atoms with E-state index in [9.17, 15) is 9.59 Å². The van der Waals surface area contributed by atoms with Crippen LogP contribution in [-0.2, 0) is 11.2 Å². The monoisotopic (exact) mass is 272 g/mol. The van der Waals surface area contributed by atoms with Gasteiger partial charge in [-0.25, -0.2) is 0 Å². The lowest BCUT2D eigenvalue weighted by Gasteiger charge is -2.35. The van der Waals surface area contributed by atoms with Gasteiger partial charge in [0.15, 0.2) is 0 Å². The van der Waals surface area contributed by atoms with E-state index in [0.29, 0.717) is 30.4 Å². The number of carbonyl (C=O) groups excluding carboxylic acids is 2. The molecule has 4 nitrogen and oxygen atoms in total. The van der Waals surface area contributed by atoms with Gasteiger partial charge in [-0.15, -0.1) is 0 Å². The van der Waals surface area contributed by atoms with Gasteiger partial charge in [-0.3, -0.25) is 14.5 Å². The first kappa shape index (κ1) is 13.3. The second-order valence-corrected chi connectivity index (χ2v) is 5.87. The smallest absolute Gasteiger partial charge is 0.260 e. The van der Waals surface area contributed by atoms with E-state index in [0.717, 1.165) is 25.1 Å². The molecule has 1 N–H and O–H groups in total. The molecule has 0 aliphatic carbocycles. The van der Waals surface area contributed by atoms with Crippen LogP contribution in [0.25, 0.3) is 0 Å². The topological polar surface area (TPSA) is 49.4 Å². The number of benzene rings is 1. The fourth-order valence-electron chi connectivity index (χ4n) is 3.16. The molecule has 0 radical (unpaired) electrons. The quantitative estimate of drug-likeness (QED) is 0.829. The van der Waals surface area contributed by atoms with E-state index in [1.54, 1.807) is 0 Å². The molecule has 2 amide bonds. The van der Waals surface area contributed by atoms with Gasteiger partial charge in [0.1, 0.15) is 0 Å². The second-order valence-electron chi connectivity index (χ2n) is 5.87. The average Bonchev–Trinajstić information content (AvgIpc) is 2.45. The Kier molecular flexibility index (Phi) is 3.57. The fourth-order valence-corrected chi connectivity index (χ4v) is 3.16. The standard InChI is InChI=1S/C16H20N2O2/c1-11-9-17-7-6-13(11)10-18-15(19)8-12-4-2-3-5-14(12)16(18)20/h2-5,11,13,17H,6-10H2,1H3. The van der Waals surface area contributed by atoms with E-state index in [1.807, 2.05) is 24.3 Å². The second kappa shape index (κ2) is 5.37. The largest absolute Gasteiger partial charge is 0.316 e. The molecule has 0 aromatic heterocycles. The molecular formula is C16H20N2O2. The Labute approximate surface area is 119 Å². The van der Waals surface area contributed by atoms with Crippen molar-refractivity contribution >= 4 is 11.8 Å². The maximum absolute atomic E-state index is 12.5. The van der Waals surface area contributed by atoms with E-state index in [1.165, 1.54) is 4.90 Å². The first-order valence-corrected chi connectivity index (χ1v) is 7.30. The zero-order valence-corrected chi connectivity index (χ0v) is 11.8. The first-order valence-electron chi connectivity index (χ1n) is 7.30. The Bertz CT molecular complexity index is 541. The number of imide groups is 1. The number of piperidine rings is 1. The molecule has 2 aliphatic rings. The van der Waals surface area contributed by atoms with Crippen LogP contribution in [0.2, 0.25) is 0 Å². The van der Waals surface area contributed by atoms with Crippen LogP contribution in [0.1, 0.15) is 29.3 Å². The summed E-state index contributed by atoms with van der Waals surface area (Å²) in [6.45, 7) is 4.69. The van der Waals surface area contributed by atoms with Gasteiger partial charge < -0.3 is 5.32 Å². The van der Waals surface area contributed by atoms with Crippen LogP contribution in [0.4, 0.5) is 0 Å². The summed E-state index contributed by atoms with van der Waals surface area (Å²) in [6.07, 6.45) is 1.38. The number of nitrogens with zero attached hydrogens (tertiary/aromatic N) is 1. The van der Waals surface area contributed by atoms with Crippen molar-refractivity contribution in [2.24, 2.45) is 11.8 Å². The molecule has 106 valence electrons. The van der Waals surface area contributed by atoms with Crippen LogP contribution in [0.5, 0.6) is 0 Å². The van der Waals surface area contributed by atoms with Gasteiger partial charge in [0.2, 0.25) is 5.91 Å². The minimum Gasteiger partial charge on any atom is -0.316 e. The van der Waals surface area contributed by atoms with E-state index >= 15 is 0 Å². The molecule has 0 bridgehead atoms. The SMILES string of the molecule is CC1CNCCC1CN1C(=O)Cc2ccccc2C1=O. The maximum Gasteiger partial charge on any atom is 0.260 e. The normalized spacial score (nSPS) is 26.6. The summed E-state index contributed by atoms with van der Waals surface area (Å²) in [5, 5.41) is 3.35. The Hall–Kier alpha value is -1.68. The molecule has 2 unspecified atom stereocenters. The van der Waals surface area contributed by atoms with Gasteiger partial charge in [0.05, 0.1) is 6.42 Å². The zero-order chi connectivity index (χ0) is 14.1. The van der Waals surface area contributed by atoms with Crippen molar-refractivity contribution in [1.29, 1.82) is 0 Å². The summed E-state index contributed by atoms with van der Waals surface area (Å²) in [4.78, 5) is 26.2. The average molecular weight is 272 g/mol. The van der Waals surface area contributed by atoms with Gasteiger partial charge in [0.25, 0.3) is 5.91 Å². The highest BCUT2D eigenvalue weighted by molar-refractivity contribution is 6.09. The molecule has 0 spiro atoms. The molecule has 0 saturated carbocycles. The number of nitrogens with one attached hydrogen (secondary N) is 1. The van der Waals surface area contributed by atoms with Crippen molar-refractivity contribution < 1.29 is 9.59 Å². The van der Waals surface area contributed by atoms with E-state index in [4.69, 9.17) is 0 Å². The van der Waals surface area contributed by atoms with Crippen molar-refractivity contribution in [3.8, 4) is 0 Å². The van der Waals surface area contributed by atoms with Crippen LogP contribution >= 0.6 is 0 Å². The summed E-state index contributed by atoms with van der Waals surface area (Å²) in [6, 6.07) is 7.43. The van der Waals surface area contributed by atoms with E-state index in [2.05, 4.69) is 12.2 Å². The lowest BCUT2D eigenvalue weighted by Crippen LogP contribution is -2.48. The number of fused-ring (bicyclic) bond motifs is 1. The van der Waals surface area contributed by atoms with Gasteiger partial charge in [-0.05, 0) is 43.0 Å². The van der Waals surface area contributed by atoms with E-state index < -0.39 is 0 Å². The maximum atomic E-state index is 12.5. The molecular weight excluding hydrogens is 252 g/mol. The van der Waals surface area contributed by atoms with Gasteiger partial charge in [-0.1, -0.05) is 25.1 Å². The summed E-state index contributed by atoms with van der Waals surface area (Å²) < 4.78 is 0. The molecule has 1 fully saturated rings. The van der Waals surface area contributed by atoms with Crippen molar-refractivity contribution in [2.75, 3.05) is 19.6 Å². The Balaban J connectivity index is 1.80. The predicted molar refractivity (Wildman–Crippen MR) is 76.3 cm³/mol. The van der Waals surface area contributed by atoms with Gasteiger partial charge in [-0.2, -0.15) is 0 Å². The highest BCUT2D eigenvalue weighted by atomic mass is 16.2. The summed E-state index contributed by atoms with van der Waals surface area (Å²) >= 11 is 0. The summed E-state index contributed by atoms with van der Waals surface area (Å²) in [5.41, 5.74) is 1.55. The first-order chi connectivity index (χ1) is 9.66. The fraction of sp³-hybridized carbons (Fsp3) is 0.500. The summed E-state index contributed by atoms with van der Waals surface area (Å²) in [7, 11) is 0. The number of rotatable bonds is 2. The highest BCUT2D eigenvalue weighted by Gasteiger charge is 2.33. The molecule has 2 aliphatic heterocycles. The van der Waals surface area contributed by atoms with E-state index in [-0.39, 0.29) is 11.8 Å². The van der Waals surface area contributed by atoms with Crippen LogP contribution in [0.15, 0.2) is 24.3 Å². The third kappa shape index (κ3) is 2.36. The number of hydrogen-bond donors (Lipinski definition) is 1. The van der Waals surface area contributed by atoms with Gasteiger partial charge >= 0.3 is 0 Å². The lowest BCUT2D eigenvalue weighted by molar-refractivity contribution is -0.129. The molecule has 3 rings (SSSR count). The molecule has 1 aromatic carbocycles. The van der Waals surface area contributed by atoms with Crippen molar-refractivity contribution in [1.82, 2.24) is 10.2 Å². The Morgan fingerprint density at radius 1 is 1.30 bits per heavy atom. The highest BCUT2D eigenvalue weighted by Crippen LogP contribution is 2.25. The zero-order valence-electron chi connectivity index (χ0n) is 11.8. The molecule has 1 saturated heterocycles. The van der Waals surface area contributed by atoms with Crippen LogP contribution in [0.3, 0.4) is 0 Å². The molecule has 1 aromatic rings. The molecule has 2 heterocycles. The Morgan fingerprint density at radius 2 is 2.10 bits per heavy atom. The van der Waals surface area contributed by atoms with Crippen molar-refractivity contribution in [3.63, 3.8) is 0 Å². The van der Waals surface area contributed by atoms with Crippen molar-refractivity contribution in [3.05, 3.63) is 35.4 Å². The number of carbonyl (C=O) groups is 2. The van der Waals surface area contributed by atoms with Crippen molar-refractivity contribution in [2.45, 2.75) is 19.8 Å². The third-order valence-electron chi connectivity index (χ3n) is 4.52. The summed E-state index contributed by atoms with van der Waals surface area (Å²) in [5.74, 6) is 0.734. The number of hydrogen-bond acceptors (Lipinski definition) is 3. The van der Waals surface area contributed by atoms with Crippen LogP contribution in [-0.4, -0.2) is 36.3 Å². The molecule has 20 heavy (non-hydrogen) atoms. The minimum atomic E-state index is -0.123. The third-order valence-corrected chi connectivity index (χ3v) is 4.52. The van der Waals surface area contributed by atoms with Crippen LogP contribution in [0, 0.1) is 11.8 Å². The minimum absolute atomic E-state index is 0.0561.